The van der Waals surface area contributed by atoms with Gasteiger partial charge in [-0.15, -0.1) is 0 Å². The lowest BCUT2D eigenvalue weighted by Gasteiger charge is -2.39. The molecule has 0 saturated carbocycles. The Hall–Kier alpha value is -0.570. The minimum atomic E-state index is -0.682. The Morgan fingerprint density at radius 2 is 0.920 bits per heavy atom. The van der Waals surface area contributed by atoms with Crippen LogP contribution in [-0.4, -0.2) is 41.7 Å². The normalized spacial score (nSPS) is 11.1. The third-order valence-corrected chi connectivity index (χ3v) is 4.94. The van der Waals surface area contributed by atoms with Gasteiger partial charge < -0.3 is 9.59 Å². The fraction of sp³-hybridized carbons (Fsp3) is 0.955. The minimum absolute atomic E-state index is 0.327. The second-order valence-electron chi connectivity index (χ2n) is 7.50. The summed E-state index contributed by atoms with van der Waals surface area (Å²) in [6.45, 7) is 17.1. The smallest absolute Gasteiger partial charge is 0.303 e. The summed E-state index contributed by atoms with van der Waals surface area (Å²) in [5, 5.41) is 8.14. The van der Waals surface area contributed by atoms with E-state index in [1.165, 1.54) is 82.0 Å². The molecule has 0 rings (SSSR count). The Morgan fingerprint density at radius 3 is 1.16 bits per heavy atom. The van der Waals surface area contributed by atoms with Gasteiger partial charge in [-0.25, -0.2) is 0 Å². The van der Waals surface area contributed by atoms with Crippen LogP contribution in [0.25, 0.3) is 0 Å². The summed E-state index contributed by atoms with van der Waals surface area (Å²) < 4.78 is 1.42. The van der Waals surface area contributed by atoms with Gasteiger partial charge in [0, 0.05) is 6.42 Å². The van der Waals surface area contributed by atoms with Crippen LogP contribution in [0.5, 0.6) is 0 Å². The Bertz CT molecular complexity index is 242. The average Bonchev–Trinajstić information content (AvgIpc) is 2.61. The van der Waals surface area contributed by atoms with Crippen LogP contribution in [0.2, 0.25) is 0 Å². The van der Waals surface area contributed by atoms with Gasteiger partial charge in [0.25, 0.3) is 0 Å². The van der Waals surface area contributed by atoms with E-state index in [9.17, 15) is 4.79 Å². The second kappa shape index (κ2) is 19.8. The highest BCUT2D eigenvalue weighted by Gasteiger charge is 2.24. The molecule has 0 bridgehead atoms. The molecule has 152 valence electrons. The molecular weight excluding hydrogens is 310 g/mol. The van der Waals surface area contributed by atoms with Crippen LogP contribution in [0, 0.1) is 0 Å². The molecule has 0 aliphatic heterocycles. The van der Waals surface area contributed by atoms with Crippen LogP contribution in [0.4, 0.5) is 0 Å². The van der Waals surface area contributed by atoms with Crippen molar-refractivity contribution in [1.29, 1.82) is 0 Å². The molecule has 0 saturated heterocycles. The van der Waals surface area contributed by atoms with E-state index in [-0.39, 0.29) is 0 Å². The van der Waals surface area contributed by atoms with Crippen molar-refractivity contribution in [3.05, 3.63) is 0 Å². The highest BCUT2D eigenvalue weighted by molar-refractivity contribution is 5.66. The van der Waals surface area contributed by atoms with Crippen molar-refractivity contribution in [1.82, 2.24) is 0 Å². The number of carboxylic acids is 1. The van der Waals surface area contributed by atoms with Crippen molar-refractivity contribution < 1.29 is 14.4 Å². The quantitative estimate of drug-likeness (QED) is 0.247. The van der Waals surface area contributed by atoms with Crippen LogP contribution >= 0.6 is 0 Å². The number of rotatable bonds is 16. The summed E-state index contributed by atoms with van der Waals surface area (Å²) in [6, 6.07) is 0. The summed E-state index contributed by atoms with van der Waals surface area (Å²) in [4.78, 5) is 9.87. The Kier molecular flexibility index (Phi) is 21.1. The Morgan fingerprint density at radius 1 is 0.600 bits per heavy atom. The van der Waals surface area contributed by atoms with Crippen molar-refractivity contribution in [2.45, 2.75) is 112 Å². The number of hydrogen-bond donors (Lipinski definition) is 1. The lowest BCUT2D eigenvalue weighted by Crippen LogP contribution is -2.50. The second-order valence-corrected chi connectivity index (χ2v) is 7.50. The van der Waals surface area contributed by atoms with Gasteiger partial charge in [-0.2, -0.15) is 0 Å². The summed E-state index contributed by atoms with van der Waals surface area (Å²) in [6.07, 6.45) is 14.3. The van der Waals surface area contributed by atoms with Gasteiger partial charge in [0.15, 0.2) is 0 Å². The van der Waals surface area contributed by atoms with Gasteiger partial charge >= 0.3 is 5.97 Å². The molecule has 0 fully saturated rings. The molecule has 0 unspecified atom stereocenters. The number of hydrogen-bond acceptors (Lipinski definition) is 1. The third kappa shape index (κ3) is 18.0. The van der Waals surface area contributed by atoms with E-state index < -0.39 is 5.97 Å². The number of nitrogens with zero attached hydrogens (tertiary/aromatic N) is 1. The molecule has 0 aliphatic carbocycles. The van der Waals surface area contributed by atoms with Crippen LogP contribution < -0.4 is 0 Å². The van der Waals surface area contributed by atoms with Crippen molar-refractivity contribution in [3.8, 4) is 0 Å². The summed E-state index contributed by atoms with van der Waals surface area (Å²) in [7, 11) is 0. The molecule has 1 N–H and O–H groups in total. The van der Waals surface area contributed by atoms with Crippen LogP contribution in [0.1, 0.15) is 112 Å². The van der Waals surface area contributed by atoms with Gasteiger partial charge in [-0.05, 0) is 32.1 Å². The van der Waals surface area contributed by atoms with Gasteiger partial charge in [-0.1, -0.05) is 73.1 Å². The van der Waals surface area contributed by atoms with E-state index in [1.54, 1.807) is 0 Å². The zero-order valence-corrected chi connectivity index (χ0v) is 18.1. The first-order chi connectivity index (χ1) is 12.0. The van der Waals surface area contributed by atoms with Crippen molar-refractivity contribution in [2.24, 2.45) is 0 Å². The first-order valence-electron chi connectivity index (χ1n) is 11.1. The molecule has 25 heavy (non-hydrogen) atoms. The SMILES string of the molecule is CCCCCC(=O)O.CCCC[N+](CCCC)(CCCC)CCCC. The first kappa shape index (κ1) is 26.7. The fourth-order valence-electron chi connectivity index (χ4n) is 3.17. The molecule has 0 amide bonds. The van der Waals surface area contributed by atoms with Crippen LogP contribution in [-0.2, 0) is 4.79 Å². The van der Waals surface area contributed by atoms with E-state index in [2.05, 4.69) is 34.6 Å². The van der Waals surface area contributed by atoms with E-state index >= 15 is 0 Å². The number of carboxylic acid groups (broad SMARTS) is 1. The zero-order valence-electron chi connectivity index (χ0n) is 18.1. The third-order valence-electron chi connectivity index (χ3n) is 4.94. The molecular formula is C22H48NO2+. The summed E-state index contributed by atoms with van der Waals surface area (Å²) >= 11 is 0. The average molecular weight is 359 g/mol. The molecule has 0 aromatic carbocycles. The maximum Gasteiger partial charge on any atom is 0.303 e. The van der Waals surface area contributed by atoms with Gasteiger partial charge in [0.05, 0.1) is 26.2 Å². The molecule has 0 spiro atoms. The highest BCUT2D eigenvalue weighted by atomic mass is 16.4. The Labute approximate surface area is 158 Å². The highest BCUT2D eigenvalue weighted by Crippen LogP contribution is 2.16. The summed E-state index contributed by atoms with van der Waals surface area (Å²) in [5.41, 5.74) is 0. The number of unbranched alkanes of at least 4 members (excludes halogenated alkanes) is 6. The standard InChI is InChI=1S/C16H36N.C6H12O2/c1-5-9-13-17(14-10-6-2,15-11-7-3)16-12-8-4;1-2-3-4-5-6(7)8/h5-16H2,1-4H3;2-5H2,1H3,(H,7,8)/q+1;. The summed E-state index contributed by atoms with van der Waals surface area (Å²) in [5.74, 6) is -0.682. The van der Waals surface area contributed by atoms with E-state index in [4.69, 9.17) is 5.11 Å². The zero-order chi connectivity index (χ0) is 19.4. The maximum absolute atomic E-state index is 9.87. The lowest BCUT2D eigenvalue weighted by molar-refractivity contribution is -0.929. The number of aliphatic carboxylic acids is 1. The molecule has 0 atom stereocenters. The monoisotopic (exact) mass is 358 g/mol. The van der Waals surface area contributed by atoms with E-state index in [1.807, 2.05) is 0 Å². The predicted molar refractivity (Wildman–Crippen MR) is 111 cm³/mol. The molecule has 3 heteroatoms. The topological polar surface area (TPSA) is 37.3 Å². The minimum Gasteiger partial charge on any atom is -0.481 e. The molecule has 0 aliphatic rings. The molecule has 0 aromatic heterocycles. The molecule has 3 nitrogen and oxygen atoms in total. The molecule has 0 aromatic rings. The first-order valence-corrected chi connectivity index (χ1v) is 11.1. The van der Waals surface area contributed by atoms with Crippen LogP contribution in [0.3, 0.4) is 0 Å². The maximum atomic E-state index is 9.87. The van der Waals surface area contributed by atoms with Crippen LogP contribution in [0.15, 0.2) is 0 Å². The predicted octanol–water partition coefficient (Wildman–Crippen LogP) is 6.65. The molecule has 0 heterocycles. The molecule has 0 radical (unpaired) electrons. The lowest BCUT2D eigenvalue weighted by atomic mass is 10.1. The number of quaternary nitrogens is 1. The number of carbonyl (C=O) groups is 1. The fourth-order valence-corrected chi connectivity index (χ4v) is 3.17. The van der Waals surface area contributed by atoms with Crippen molar-refractivity contribution in [3.63, 3.8) is 0 Å². The van der Waals surface area contributed by atoms with Gasteiger partial charge in [0.2, 0.25) is 0 Å². The van der Waals surface area contributed by atoms with Gasteiger partial charge in [0.1, 0.15) is 0 Å². The van der Waals surface area contributed by atoms with E-state index in [0.29, 0.717) is 6.42 Å². The van der Waals surface area contributed by atoms with Crippen molar-refractivity contribution in [2.75, 3.05) is 26.2 Å². The van der Waals surface area contributed by atoms with Gasteiger partial charge in [-0.3, -0.25) is 4.79 Å². The van der Waals surface area contributed by atoms with Crippen molar-refractivity contribution >= 4 is 5.97 Å². The largest absolute Gasteiger partial charge is 0.481 e. The van der Waals surface area contributed by atoms with E-state index in [0.717, 1.165) is 19.3 Å². The Balaban J connectivity index is 0.